The molecule has 0 aliphatic carbocycles. The molecule has 0 spiro atoms. The number of nitrogens with one attached hydrogen (secondary N) is 1. The molecule has 0 saturated heterocycles. The number of para-hydroxylation sites is 1. The number of aromatic nitrogens is 3. The predicted octanol–water partition coefficient (Wildman–Crippen LogP) is 5.31. The van der Waals surface area contributed by atoms with Crippen molar-refractivity contribution in [1.82, 2.24) is 14.8 Å². The molecule has 150 valence electrons. The van der Waals surface area contributed by atoms with Crippen LogP contribution in [0.5, 0.6) is 0 Å². The van der Waals surface area contributed by atoms with E-state index in [-0.39, 0.29) is 5.69 Å². The maximum Gasteiger partial charge on any atom is 0.269 e. The molecule has 0 aliphatic rings. The van der Waals surface area contributed by atoms with Gasteiger partial charge in [-0.2, -0.15) is 10.2 Å². The van der Waals surface area contributed by atoms with Crippen LogP contribution in [-0.4, -0.2) is 25.9 Å². The van der Waals surface area contributed by atoms with Crippen molar-refractivity contribution in [3.05, 3.63) is 86.5 Å². The quantitative estimate of drug-likeness (QED) is 0.250. The van der Waals surface area contributed by atoms with Gasteiger partial charge in [-0.15, -0.1) is 11.3 Å². The number of hydrazone groups is 1. The Balaban J connectivity index is 1.48. The van der Waals surface area contributed by atoms with E-state index in [1.54, 1.807) is 23.0 Å². The second-order valence-corrected chi connectivity index (χ2v) is 7.47. The lowest BCUT2D eigenvalue weighted by Crippen LogP contribution is -1.96. The number of nitro groups is 1. The number of hydrogen-bond acceptors (Lipinski definition) is 7. The largest absolute Gasteiger partial charge is 0.269 e. The molecule has 0 atom stereocenters. The van der Waals surface area contributed by atoms with E-state index in [0.717, 1.165) is 16.9 Å². The van der Waals surface area contributed by atoms with Crippen LogP contribution in [-0.2, 0) is 0 Å². The van der Waals surface area contributed by atoms with E-state index >= 15 is 0 Å². The van der Waals surface area contributed by atoms with Gasteiger partial charge in [-0.1, -0.05) is 29.8 Å². The fraction of sp³-hybridized carbons (Fsp3) is 0.0500. The summed E-state index contributed by atoms with van der Waals surface area (Å²) in [5.41, 5.74) is 6.75. The minimum atomic E-state index is -0.431. The summed E-state index contributed by atoms with van der Waals surface area (Å²) in [6, 6.07) is 15.9. The zero-order valence-electron chi connectivity index (χ0n) is 15.7. The Morgan fingerprint density at radius 1 is 1.20 bits per heavy atom. The van der Waals surface area contributed by atoms with Gasteiger partial charge in [-0.25, -0.2) is 9.67 Å². The number of benzene rings is 2. The fourth-order valence-electron chi connectivity index (χ4n) is 2.76. The van der Waals surface area contributed by atoms with Gasteiger partial charge in [0.15, 0.2) is 0 Å². The van der Waals surface area contributed by atoms with E-state index in [2.05, 4.69) is 20.6 Å². The van der Waals surface area contributed by atoms with Crippen LogP contribution < -0.4 is 5.43 Å². The van der Waals surface area contributed by atoms with Gasteiger partial charge in [0.2, 0.25) is 5.13 Å². The predicted molar refractivity (Wildman–Crippen MR) is 119 cm³/mol. The highest BCUT2D eigenvalue weighted by Crippen LogP contribution is 2.27. The van der Waals surface area contributed by atoms with Crippen LogP contribution in [0.25, 0.3) is 16.9 Å². The van der Waals surface area contributed by atoms with E-state index in [1.807, 2.05) is 42.6 Å². The molecule has 10 heteroatoms. The molecular weight excluding hydrogens is 424 g/mol. The van der Waals surface area contributed by atoms with Crippen LogP contribution in [0.2, 0.25) is 5.15 Å². The molecule has 0 saturated carbocycles. The standard InChI is InChI=1S/C20H15ClN6O2S/c1-13-17(19(21)26(25-13)15-5-3-2-4-6-15)11-22-24-20-23-18(12-30-20)14-7-9-16(10-8-14)27(28)29/h2-12H,1H3,(H,23,24)/b22-11+. The average molecular weight is 439 g/mol. The second-order valence-electron chi connectivity index (χ2n) is 6.25. The third-order valence-electron chi connectivity index (χ3n) is 4.28. The number of aryl methyl sites for hydroxylation is 1. The van der Waals surface area contributed by atoms with Gasteiger partial charge >= 0.3 is 0 Å². The maximum atomic E-state index is 10.8. The molecule has 4 aromatic rings. The molecule has 4 rings (SSSR count). The highest BCUT2D eigenvalue weighted by molar-refractivity contribution is 7.14. The van der Waals surface area contributed by atoms with Crippen LogP contribution in [0.3, 0.4) is 0 Å². The molecular formula is C20H15ClN6O2S. The molecule has 2 heterocycles. The smallest absolute Gasteiger partial charge is 0.258 e. The summed E-state index contributed by atoms with van der Waals surface area (Å²) in [5.74, 6) is 0. The lowest BCUT2D eigenvalue weighted by atomic mass is 10.1. The van der Waals surface area contributed by atoms with Crippen LogP contribution in [0.4, 0.5) is 10.8 Å². The van der Waals surface area contributed by atoms with Crippen LogP contribution in [0.1, 0.15) is 11.3 Å². The summed E-state index contributed by atoms with van der Waals surface area (Å²) in [6.45, 7) is 1.86. The Hall–Kier alpha value is -3.56. The molecule has 0 fully saturated rings. The van der Waals surface area contributed by atoms with Crippen molar-refractivity contribution < 1.29 is 4.92 Å². The Kier molecular flexibility index (Phi) is 5.55. The molecule has 30 heavy (non-hydrogen) atoms. The first-order valence-electron chi connectivity index (χ1n) is 8.83. The molecule has 2 aromatic carbocycles. The van der Waals surface area contributed by atoms with Crippen molar-refractivity contribution in [1.29, 1.82) is 0 Å². The van der Waals surface area contributed by atoms with Crippen molar-refractivity contribution in [2.75, 3.05) is 5.43 Å². The van der Waals surface area contributed by atoms with Crippen molar-refractivity contribution >= 4 is 40.0 Å². The summed E-state index contributed by atoms with van der Waals surface area (Å²) in [6.07, 6.45) is 1.61. The van der Waals surface area contributed by atoms with Crippen molar-refractivity contribution in [3.63, 3.8) is 0 Å². The number of halogens is 1. The van der Waals surface area contributed by atoms with Gasteiger partial charge in [0.1, 0.15) is 5.15 Å². The molecule has 0 amide bonds. The summed E-state index contributed by atoms with van der Waals surface area (Å²) in [7, 11) is 0. The molecule has 0 bridgehead atoms. The zero-order valence-corrected chi connectivity index (χ0v) is 17.3. The van der Waals surface area contributed by atoms with Gasteiger partial charge < -0.3 is 0 Å². The molecule has 8 nitrogen and oxygen atoms in total. The lowest BCUT2D eigenvalue weighted by molar-refractivity contribution is -0.384. The van der Waals surface area contributed by atoms with Crippen LogP contribution in [0.15, 0.2) is 65.1 Å². The minimum Gasteiger partial charge on any atom is -0.258 e. The Bertz CT molecular complexity index is 1220. The number of thiazole rings is 1. The Morgan fingerprint density at radius 3 is 2.63 bits per heavy atom. The summed E-state index contributed by atoms with van der Waals surface area (Å²) < 4.78 is 1.66. The third kappa shape index (κ3) is 4.07. The zero-order chi connectivity index (χ0) is 21.1. The van der Waals surface area contributed by atoms with E-state index in [9.17, 15) is 10.1 Å². The van der Waals surface area contributed by atoms with Gasteiger partial charge in [-0.05, 0) is 31.2 Å². The number of non-ortho nitro benzene ring substituents is 1. The molecule has 0 aliphatic heterocycles. The first-order valence-corrected chi connectivity index (χ1v) is 10.1. The van der Waals surface area contributed by atoms with E-state index < -0.39 is 4.92 Å². The van der Waals surface area contributed by atoms with Crippen molar-refractivity contribution in [2.45, 2.75) is 6.92 Å². The maximum absolute atomic E-state index is 10.8. The monoisotopic (exact) mass is 438 g/mol. The van der Waals surface area contributed by atoms with Crippen molar-refractivity contribution in [3.8, 4) is 16.9 Å². The average Bonchev–Trinajstić information content (AvgIpc) is 3.34. The van der Waals surface area contributed by atoms with Gasteiger partial charge in [-0.3, -0.25) is 15.5 Å². The number of hydrogen-bond donors (Lipinski definition) is 1. The number of nitro benzene ring substituents is 1. The molecule has 0 radical (unpaired) electrons. The number of anilines is 1. The number of nitrogens with zero attached hydrogens (tertiary/aromatic N) is 5. The Labute approximate surface area is 180 Å². The highest BCUT2D eigenvalue weighted by Gasteiger charge is 2.13. The van der Waals surface area contributed by atoms with E-state index in [0.29, 0.717) is 21.5 Å². The van der Waals surface area contributed by atoms with Crippen LogP contribution >= 0.6 is 22.9 Å². The SMILES string of the molecule is Cc1nn(-c2ccccc2)c(Cl)c1/C=N/Nc1nc(-c2ccc([N+](=O)[O-])cc2)cs1. The molecule has 1 N–H and O–H groups in total. The lowest BCUT2D eigenvalue weighted by Gasteiger charge is -2.01. The van der Waals surface area contributed by atoms with Gasteiger partial charge in [0.25, 0.3) is 5.69 Å². The van der Waals surface area contributed by atoms with Crippen LogP contribution in [0, 0.1) is 17.0 Å². The first-order chi connectivity index (χ1) is 14.5. The summed E-state index contributed by atoms with van der Waals surface area (Å²) in [4.78, 5) is 14.8. The molecule has 0 unspecified atom stereocenters. The first kappa shape index (κ1) is 19.7. The van der Waals surface area contributed by atoms with E-state index in [1.165, 1.54) is 23.5 Å². The molecule has 2 aromatic heterocycles. The number of rotatable bonds is 6. The van der Waals surface area contributed by atoms with Gasteiger partial charge in [0.05, 0.1) is 33.8 Å². The third-order valence-corrected chi connectivity index (χ3v) is 5.39. The van der Waals surface area contributed by atoms with E-state index in [4.69, 9.17) is 11.6 Å². The summed E-state index contributed by atoms with van der Waals surface area (Å²) in [5, 5.41) is 22.4. The Morgan fingerprint density at radius 2 is 1.93 bits per heavy atom. The summed E-state index contributed by atoms with van der Waals surface area (Å²) >= 11 is 7.86. The topological polar surface area (TPSA) is 98.2 Å². The van der Waals surface area contributed by atoms with Crippen molar-refractivity contribution in [2.24, 2.45) is 5.10 Å². The second kappa shape index (κ2) is 8.44. The minimum absolute atomic E-state index is 0.0419. The van der Waals surface area contributed by atoms with Gasteiger partial charge in [0, 0.05) is 23.1 Å². The highest BCUT2D eigenvalue weighted by atomic mass is 35.5. The fourth-order valence-corrected chi connectivity index (χ4v) is 3.75. The normalized spacial score (nSPS) is 11.1.